The molecule has 0 aliphatic heterocycles. The summed E-state index contributed by atoms with van der Waals surface area (Å²) in [6.45, 7) is 0. The molecule has 4 saturated carbocycles. The van der Waals surface area contributed by atoms with Crippen LogP contribution in [0, 0.1) is 23.7 Å². The molecule has 2 spiro atoms. The van der Waals surface area contributed by atoms with Crippen LogP contribution in [0.2, 0.25) is 0 Å². The van der Waals surface area contributed by atoms with E-state index in [9.17, 15) is 0 Å². The van der Waals surface area contributed by atoms with E-state index in [4.69, 9.17) is 0 Å². The molecule has 66 heavy (non-hydrogen) atoms. The Kier molecular flexibility index (Phi) is 8.45. The minimum atomic E-state index is -0.405. The van der Waals surface area contributed by atoms with Gasteiger partial charge in [-0.1, -0.05) is 188 Å². The van der Waals surface area contributed by atoms with Gasteiger partial charge in [0, 0.05) is 22.5 Å². The number of fused-ring (bicyclic) bond motifs is 9. The molecule has 0 radical (unpaired) electrons. The molecule has 6 aliphatic carbocycles. The van der Waals surface area contributed by atoms with Crippen molar-refractivity contribution in [2.24, 2.45) is 23.7 Å². The van der Waals surface area contributed by atoms with E-state index in [1.807, 2.05) is 0 Å². The molecule has 0 heterocycles. The second-order valence-electron chi connectivity index (χ2n) is 20.0. The lowest BCUT2D eigenvalue weighted by Gasteiger charge is -2.65. The normalized spacial score (nSPS) is 22.1. The number of anilines is 3. The summed E-state index contributed by atoms with van der Waals surface area (Å²) in [6, 6.07) is 85.2. The molecule has 0 aromatic heterocycles. The predicted molar refractivity (Wildman–Crippen MR) is 273 cm³/mol. The van der Waals surface area contributed by atoms with Gasteiger partial charge in [0.15, 0.2) is 0 Å². The second-order valence-corrected chi connectivity index (χ2v) is 20.0. The van der Waals surface area contributed by atoms with Crippen molar-refractivity contribution in [3.05, 3.63) is 258 Å². The van der Waals surface area contributed by atoms with Crippen molar-refractivity contribution in [3.8, 4) is 44.5 Å². The summed E-state index contributed by atoms with van der Waals surface area (Å²) in [5, 5.41) is 0. The highest BCUT2D eigenvalue weighted by molar-refractivity contribution is 5.90. The van der Waals surface area contributed by atoms with E-state index in [1.165, 1.54) is 105 Å². The van der Waals surface area contributed by atoms with Crippen molar-refractivity contribution in [2.45, 2.75) is 42.9 Å². The molecule has 1 heteroatoms. The van der Waals surface area contributed by atoms with Gasteiger partial charge in [0.1, 0.15) is 0 Å². The van der Waals surface area contributed by atoms with Crippen LogP contribution >= 0.6 is 0 Å². The molecule has 9 aromatic carbocycles. The lowest BCUT2D eigenvalue weighted by Crippen LogP contribution is -2.59. The van der Waals surface area contributed by atoms with Gasteiger partial charge in [-0.15, -0.1) is 0 Å². The smallest absolute Gasteiger partial charge is 0.0719 e. The molecule has 4 bridgehead atoms. The Morgan fingerprint density at radius 2 is 0.652 bits per heavy atom. The van der Waals surface area contributed by atoms with E-state index >= 15 is 0 Å². The summed E-state index contributed by atoms with van der Waals surface area (Å²) in [5.41, 5.74) is 22.2. The van der Waals surface area contributed by atoms with Crippen LogP contribution in [-0.4, -0.2) is 0 Å². The zero-order valence-corrected chi connectivity index (χ0v) is 37.2. The Morgan fingerprint density at radius 3 is 1.14 bits per heavy atom. The van der Waals surface area contributed by atoms with Crippen molar-refractivity contribution in [2.75, 3.05) is 4.90 Å². The molecular formula is C65H51N. The lowest BCUT2D eigenvalue weighted by molar-refractivity contribution is -0.0440. The summed E-state index contributed by atoms with van der Waals surface area (Å²) in [6.07, 6.45) is 6.78. The van der Waals surface area contributed by atoms with Crippen molar-refractivity contribution >= 4 is 17.1 Å². The zero-order valence-electron chi connectivity index (χ0n) is 37.2. The molecule has 1 nitrogen and oxygen atoms in total. The summed E-state index contributed by atoms with van der Waals surface area (Å²) < 4.78 is 0. The molecule has 15 rings (SSSR count). The van der Waals surface area contributed by atoms with Crippen LogP contribution in [0.5, 0.6) is 0 Å². The van der Waals surface area contributed by atoms with Gasteiger partial charge in [-0.25, -0.2) is 0 Å². The maximum Gasteiger partial charge on any atom is 0.0719 e. The van der Waals surface area contributed by atoms with Gasteiger partial charge >= 0.3 is 0 Å². The topological polar surface area (TPSA) is 3.24 Å². The first-order valence-electron chi connectivity index (χ1n) is 24.3. The van der Waals surface area contributed by atoms with Crippen LogP contribution in [0.4, 0.5) is 17.1 Å². The van der Waals surface area contributed by atoms with Crippen molar-refractivity contribution in [3.63, 3.8) is 0 Å². The minimum Gasteiger partial charge on any atom is -0.310 e. The highest BCUT2D eigenvalue weighted by Gasteiger charge is 2.64. The fraction of sp³-hybridized carbons (Fsp3) is 0.169. The van der Waals surface area contributed by atoms with Crippen LogP contribution in [0.3, 0.4) is 0 Å². The molecule has 6 aliphatic rings. The van der Waals surface area contributed by atoms with Gasteiger partial charge in [0.05, 0.1) is 5.41 Å². The third kappa shape index (κ3) is 5.41. The van der Waals surface area contributed by atoms with Crippen LogP contribution in [0.15, 0.2) is 224 Å². The van der Waals surface area contributed by atoms with E-state index in [0.717, 1.165) is 23.2 Å². The van der Waals surface area contributed by atoms with Gasteiger partial charge in [-0.3, -0.25) is 0 Å². The maximum atomic E-state index is 2.69. The molecule has 0 unspecified atom stereocenters. The molecule has 316 valence electrons. The van der Waals surface area contributed by atoms with Crippen LogP contribution in [0.25, 0.3) is 44.5 Å². The monoisotopic (exact) mass is 845 g/mol. The number of nitrogens with zero attached hydrogens (tertiary/aromatic N) is 1. The average Bonchev–Trinajstić information content (AvgIpc) is 3.68. The first-order valence-corrected chi connectivity index (χ1v) is 24.3. The van der Waals surface area contributed by atoms with Crippen LogP contribution in [0.1, 0.15) is 65.5 Å². The zero-order chi connectivity index (χ0) is 43.4. The Hall–Kier alpha value is -7.22. The number of rotatable bonds is 6. The second kappa shape index (κ2) is 14.6. The molecule has 4 fully saturated rings. The van der Waals surface area contributed by atoms with Gasteiger partial charge < -0.3 is 4.90 Å². The van der Waals surface area contributed by atoms with E-state index in [1.54, 1.807) is 11.1 Å². The standard InChI is InChI=1S/C65H51N/c1-3-13-45(14-4-1)47-23-25-48(26-24-47)50-29-33-54(34-30-50)66(53-31-27-49(28-32-53)46-15-5-2-6-16-46)55-35-36-62-63(42-55)64(51-38-43-37-44(40-51)41-52(64)39-43)60-21-11-12-22-61(60)65(62)58-19-9-7-17-56(58)57-18-8-10-20-59(57)65/h1-36,42-44,51-52H,37-41H2. The third-order valence-corrected chi connectivity index (χ3v) is 16.9. The number of hydrogen-bond donors (Lipinski definition) is 0. The Labute approximate surface area is 389 Å². The molecule has 0 amide bonds. The van der Waals surface area contributed by atoms with Gasteiger partial charge in [0.25, 0.3) is 0 Å². The Morgan fingerprint density at radius 1 is 0.288 bits per heavy atom. The minimum absolute atomic E-state index is 0.0499. The Bertz CT molecular complexity index is 3220. The first-order chi connectivity index (χ1) is 32.7. The van der Waals surface area contributed by atoms with Crippen LogP contribution < -0.4 is 4.90 Å². The fourth-order valence-electron chi connectivity index (χ4n) is 14.6. The highest BCUT2D eigenvalue weighted by Crippen LogP contribution is 2.71. The molecule has 0 N–H and O–H groups in total. The average molecular weight is 846 g/mol. The summed E-state index contributed by atoms with van der Waals surface area (Å²) in [5.74, 6) is 2.96. The van der Waals surface area contributed by atoms with Crippen LogP contribution in [-0.2, 0) is 10.8 Å². The Balaban J connectivity index is 0.979. The van der Waals surface area contributed by atoms with E-state index in [0.29, 0.717) is 11.8 Å². The quantitative estimate of drug-likeness (QED) is 0.161. The molecule has 9 aromatic rings. The number of benzene rings is 9. The fourth-order valence-corrected chi connectivity index (χ4v) is 14.6. The first kappa shape index (κ1) is 38.1. The summed E-state index contributed by atoms with van der Waals surface area (Å²) in [7, 11) is 0. The van der Waals surface area contributed by atoms with Crippen molar-refractivity contribution in [1.82, 2.24) is 0 Å². The van der Waals surface area contributed by atoms with E-state index in [2.05, 4.69) is 229 Å². The van der Waals surface area contributed by atoms with E-state index in [-0.39, 0.29) is 5.41 Å². The van der Waals surface area contributed by atoms with Gasteiger partial charge in [0.2, 0.25) is 0 Å². The van der Waals surface area contributed by atoms with Crippen molar-refractivity contribution in [1.29, 1.82) is 0 Å². The maximum absolute atomic E-state index is 2.69. The third-order valence-electron chi connectivity index (χ3n) is 16.9. The lowest BCUT2D eigenvalue weighted by atomic mass is 9.38. The van der Waals surface area contributed by atoms with Crippen molar-refractivity contribution < 1.29 is 0 Å². The van der Waals surface area contributed by atoms with E-state index < -0.39 is 5.41 Å². The molecular weight excluding hydrogens is 795 g/mol. The molecule has 0 saturated heterocycles. The highest BCUT2D eigenvalue weighted by atomic mass is 15.1. The van der Waals surface area contributed by atoms with Gasteiger partial charge in [-0.05, 0) is 170 Å². The molecule has 0 atom stereocenters. The largest absolute Gasteiger partial charge is 0.310 e. The van der Waals surface area contributed by atoms with Gasteiger partial charge in [-0.2, -0.15) is 0 Å². The summed E-state index contributed by atoms with van der Waals surface area (Å²) in [4.78, 5) is 2.53. The SMILES string of the molecule is c1ccc(-c2ccc(-c3ccc(N(c4ccc(-c5ccccc5)cc4)c4ccc5c(c4)C4(c6ccccc6C56c5ccccc5-c5ccccc56)C5CC6CC(C5)CC4C6)cc3)cc2)cc1. The predicted octanol–water partition coefficient (Wildman–Crippen LogP) is 16.6. The number of hydrogen-bond acceptors (Lipinski definition) is 1. The summed E-state index contributed by atoms with van der Waals surface area (Å²) >= 11 is 0.